The van der Waals surface area contributed by atoms with Crippen LogP contribution in [-0.4, -0.2) is 34.7 Å². The molecule has 26 heavy (non-hydrogen) atoms. The molecule has 1 amide bonds. The highest BCUT2D eigenvalue weighted by molar-refractivity contribution is 5.99. The number of Topliss-reactive ketones (excluding diaryl/α,β-unsaturated/α-hetero) is 1. The summed E-state index contributed by atoms with van der Waals surface area (Å²) in [5.41, 5.74) is 3.67. The smallest absolute Gasteiger partial charge is 0.396 e. The minimum Gasteiger partial charge on any atom is -0.396 e. The van der Waals surface area contributed by atoms with E-state index in [1.807, 2.05) is 13.8 Å². The van der Waals surface area contributed by atoms with Crippen molar-refractivity contribution in [2.75, 3.05) is 13.1 Å². The molecule has 0 unspecified atom stereocenters. The Labute approximate surface area is 149 Å². The molecule has 1 aromatic heterocycles. The Bertz CT molecular complexity index is 801. The lowest BCUT2D eigenvalue weighted by Gasteiger charge is -2.39. The molecule has 0 radical (unpaired) electrons. The maximum absolute atomic E-state index is 12.8. The summed E-state index contributed by atoms with van der Waals surface area (Å²) in [5.74, 6) is -0.665. The fraction of sp³-hybridized carbons (Fsp3) is 0.500. The summed E-state index contributed by atoms with van der Waals surface area (Å²) in [4.78, 5) is 29.8. The van der Waals surface area contributed by atoms with Crippen molar-refractivity contribution in [2.24, 2.45) is 16.6 Å². The van der Waals surface area contributed by atoms with Gasteiger partial charge in [0.25, 0.3) is 5.91 Å². The number of amides is 1. The average molecular weight is 367 g/mol. The van der Waals surface area contributed by atoms with Gasteiger partial charge in [-0.1, -0.05) is 19.9 Å². The molecule has 1 saturated heterocycles. The molecule has 2 aliphatic rings. The second kappa shape index (κ2) is 5.82. The van der Waals surface area contributed by atoms with Crippen LogP contribution in [0.2, 0.25) is 0 Å². The molecule has 140 valence electrons. The third kappa shape index (κ3) is 3.20. The molecule has 1 atom stereocenters. The van der Waals surface area contributed by atoms with Crippen LogP contribution in [0.1, 0.15) is 42.9 Å². The molecule has 0 saturated carbocycles. The summed E-state index contributed by atoms with van der Waals surface area (Å²) in [5, 5.41) is 0. The molecule has 3 rings (SSSR count). The monoisotopic (exact) mass is 367 g/mol. The SMILES string of the molecule is CC1(C)C[C@@]2(C=C(N)C1=O)CCN(C(=O)c1cccc(C(F)(F)F)n1)C2. The van der Waals surface area contributed by atoms with Crippen LogP contribution in [-0.2, 0) is 11.0 Å². The summed E-state index contributed by atoms with van der Waals surface area (Å²) in [6.45, 7) is 4.32. The molecular weight excluding hydrogens is 347 g/mol. The highest BCUT2D eigenvalue weighted by atomic mass is 19.4. The molecule has 8 heteroatoms. The number of ketones is 1. The van der Waals surface area contributed by atoms with Crippen molar-refractivity contribution in [1.82, 2.24) is 9.88 Å². The zero-order valence-electron chi connectivity index (χ0n) is 14.6. The zero-order valence-corrected chi connectivity index (χ0v) is 14.6. The van der Waals surface area contributed by atoms with E-state index in [0.29, 0.717) is 25.9 Å². The first-order chi connectivity index (χ1) is 11.9. The summed E-state index contributed by atoms with van der Waals surface area (Å²) in [6, 6.07) is 3.29. The first kappa shape index (κ1) is 18.4. The number of allylic oxidation sites excluding steroid dienone is 1. The minimum absolute atomic E-state index is 0.118. The molecule has 0 aromatic carbocycles. The zero-order chi connectivity index (χ0) is 19.3. The number of nitrogens with zero attached hydrogens (tertiary/aromatic N) is 2. The lowest BCUT2D eigenvalue weighted by molar-refractivity contribution is -0.141. The van der Waals surface area contributed by atoms with Gasteiger partial charge in [-0.05, 0) is 31.1 Å². The molecule has 0 bridgehead atoms. The number of pyridine rings is 1. The van der Waals surface area contributed by atoms with Crippen LogP contribution in [0.5, 0.6) is 0 Å². The quantitative estimate of drug-likeness (QED) is 0.828. The molecule has 1 aromatic rings. The second-order valence-electron chi connectivity index (χ2n) is 7.73. The third-order valence-electron chi connectivity index (χ3n) is 5.06. The van der Waals surface area contributed by atoms with Gasteiger partial charge in [0.15, 0.2) is 5.78 Å². The second-order valence-corrected chi connectivity index (χ2v) is 7.73. The van der Waals surface area contributed by atoms with Crippen LogP contribution in [0, 0.1) is 10.8 Å². The van der Waals surface area contributed by atoms with Gasteiger partial charge in [-0.15, -0.1) is 0 Å². The summed E-state index contributed by atoms with van der Waals surface area (Å²) >= 11 is 0. The largest absolute Gasteiger partial charge is 0.433 e. The number of rotatable bonds is 1. The van der Waals surface area contributed by atoms with Crippen molar-refractivity contribution < 1.29 is 22.8 Å². The number of likely N-dealkylation sites (tertiary alicyclic amines) is 1. The Morgan fingerprint density at radius 3 is 2.62 bits per heavy atom. The molecule has 1 spiro atoms. The lowest BCUT2D eigenvalue weighted by atomic mass is 9.65. The Morgan fingerprint density at radius 1 is 1.31 bits per heavy atom. The number of carbonyl (C=O) groups excluding carboxylic acids is 2. The number of aromatic nitrogens is 1. The van der Waals surface area contributed by atoms with E-state index in [1.165, 1.54) is 17.0 Å². The van der Waals surface area contributed by atoms with Crippen LogP contribution >= 0.6 is 0 Å². The maximum atomic E-state index is 12.8. The average Bonchev–Trinajstić information content (AvgIpc) is 2.94. The van der Waals surface area contributed by atoms with Crippen LogP contribution in [0.3, 0.4) is 0 Å². The van der Waals surface area contributed by atoms with E-state index >= 15 is 0 Å². The van der Waals surface area contributed by atoms with Crippen molar-refractivity contribution in [2.45, 2.75) is 32.9 Å². The first-order valence-electron chi connectivity index (χ1n) is 8.30. The van der Waals surface area contributed by atoms with Gasteiger partial charge >= 0.3 is 6.18 Å². The van der Waals surface area contributed by atoms with Gasteiger partial charge in [0.05, 0.1) is 5.70 Å². The lowest BCUT2D eigenvalue weighted by Crippen LogP contribution is -2.42. The van der Waals surface area contributed by atoms with Gasteiger partial charge in [-0.2, -0.15) is 13.2 Å². The predicted molar refractivity (Wildman–Crippen MR) is 87.9 cm³/mol. The predicted octanol–water partition coefficient (Wildman–Crippen LogP) is 2.77. The number of halogens is 3. The van der Waals surface area contributed by atoms with E-state index in [1.54, 1.807) is 6.08 Å². The van der Waals surface area contributed by atoms with E-state index in [9.17, 15) is 22.8 Å². The Balaban J connectivity index is 1.83. The molecule has 2 heterocycles. The molecule has 5 nitrogen and oxygen atoms in total. The van der Waals surface area contributed by atoms with Gasteiger partial charge in [0, 0.05) is 23.9 Å². The van der Waals surface area contributed by atoms with Gasteiger partial charge in [-0.25, -0.2) is 4.98 Å². The fourth-order valence-electron chi connectivity index (χ4n) is 4.00. The van der Waals surface area contributed by atoms with Crippen LogP contribution in [0.25, 0.3) is 0 Å². The van der Waals surface area contributed by atoms with Crippen molar-refractivity contribution in [3.05, 3.63) is 41.4 Å². The number of carbonyl (C=O) groups is 2. The summed E-state index contributed by atoms with van der Waals surface area (Å²) in [7, 11) is 0. The van der Waals surface area contributed by atoms with E-state index in [4.69, 9.17) is 5.73 Å². The molecule has 2 N–H and O–H groups in total. The highest BCUT2D eigenvalue weighted by Gasteiger charge is 2.48. The van der Waals surface area contributed by atoms with Crippen molar-refractivity contribution in [3.63, 3.8) is 0 Å². The molecule has 1 fully saturated rings. The number of hydrogen-bond acceptors (Lipinski definition) is 4. The molecule has 1 aliphatic heterocycles. The van der Waals surface area contributed by atoms with Gasteiger partial charge in [0.1, 0.15) is 11.4 Å². The third-order valence-corrected chi connectivity index (χ3v) is 5.06. The number of hydrogen-bond donors (Lipinski definition) is 1. The first-order valence-corrected chi connectivity index (χ1v) is 8.30. The van der Waals surface area contributed by atoms with Gasteiger partial charge in [0.2, 0.25) is 0 Å². The standard InChI is InChI=1S/C18H20F3N3O2/c1-16(2)9-17(8-11(22)14(16)25)6-7-24(10-17)15(26)12-4-3-5-13(23-12)18(19,20)21/h3-5,8H,6-7,9-10,22H2,1-2H3/t17-/m0/s1. The van der Waals surface area contributed by atoms with E-state index in [-0.39, 0.29) is 17.2 Å². The van der Waals surface area contributed by atoms with E-state index in [0.717, 1.165) is 6.07 Å². The van der Waals surface area contributed by atoms with E-state index < -0.39 is 28.6 Å². The summed E-state index contributed by atoms with van der Waals surface area (Å²) in [6.07, 6.45) is -1.74. The number of alkyl halides is 3. The summed E-state index contributed by atoms with van der Waals surface area (Å²) < 4.78 is 38.5. The van der Waals surface area contributed by atoms with Gasteiger partial charge in [-0.3, -0.25) is 9.59 Å². The molecule has 1 aliphatic carbocycles. The van der Waals surface area contributed by atoms with Crippen molar-refractivity contribution in [1.29, 1.82) is 0 Å². The molecular formula is C18H20F3N3O2. The normalized spacial score (nSPS) is 25.5. The van der Waals surface area contributed by atoms with Crippen LogP contribution < -0.4 is 5.73 Å². The van der Waals surface area contributed by atoms with Crippen LogP contribution in [0.15, 0.2) is 30.0 Å². The van der Waals surface area contributed by atoms with E-state index in [2.05, 4.69) is 4.98 Å². The maximum Gasteiger partial charge on any atom is 0.433 e. The van der Waals surface area contributed by atoms with Crippen molar-refractivity contribution in [3.8, 4) is 0 Å². The fourth-order valence-corrected chi connectivity index (χ4v) is 4.00. The Morgan fingerprint density at radius 2 is 2.00 bits per heavy atom. The van der Waals surface area contributed by atoms with Crippen molar-refractivity contribution >= 4 is 11.7 Å². The Kier molecular flexibility index (Phi) is 4.12. The van der Waals surface area contributed by atoms with Gasteiger partial charge < -0.3 is 10.6 Å². The highest BCUT2D eigenvalue weighted by Crippen LogP contribution is 2.47. The number of nitrogens with two attached hydrogens (primary N) is 1. The van der Waals surface area contributed by atoms with Crippen LogP contribution in [0.4, 0.5) is 13.2 Å². The Hall–Kier alpha value is -2.38. The topological polar surface area (TPSA) is 76.3 Å². The minimum atomic E-state index is -4.60.